The molecule has 0 atom stereocenters. The van der Waals surface area contributed by atoms with Gasteiger partial charge in [-0.2, -0.15) is 5.26 Å². The summed E-state index contributed by atoms with van der Waals surface area (Å²) in [7, 11) is 1.53. The van der Waals surface area contributed by atoms with E-state index in [1.54, 1.807) is 30.3 Å². The molecule has 1 heterocycles. The molecule has 4 rings (SSSR count). The first kappa shape index (κ1) is 22.0. The summed E-state index contributed by atoms with van der Waals surface area (Å²) in [5.74, 6) is 0.815. The number of nitrogens with zero attached hydrogens (tertiary/aromatic N) is 2. The zero-order valence-corrected chi connectivity index (χ0v) is 18.7. The van der Waals surface area contributed by atoms with Gasteiger partial charge in [0.05, 0.1) is 18.4 Å². The third kappa shape index (κ3) is 5.35. The van der Waals surface area contributed by atoms with Gasteiger partial charge >= 0.3 is 0 Å². The van der Waals surface area contributed by atoms with Crippen LogP contribution in [0.15, 0.2) is 84.2 Å². The van der Waals surface area contributed by atoms with E-state index >= 15 is 0 Å². The van der Waals surface area contributed by atoms with Gasteiger partial charge in [-0.25, -0.2) is 4.98 Å². The molecule has 6 heteroatoms. The highest BCUT2D eigenvalue weighted by Gasteiger charge is 2.12. The highest BCUT2D eigenvalue weighted by Crippen LogP contribution is 2.31. The molecule has 0 radical (unpaired) electrons. The molecule has 0 saturated heterocycles. The van der Waals surface area contributed by atoms with E-state index in [1.807, 2.05) is 60.0 Å². The Morgan fingerprint density at radius 2 is 1.76 bits per heavy atom. The largest absolute Gasteiger partial charge is 0.493 e. The molecular formula is C27H20N2O3S. The Bertz CT molecular complexity index is 1320. The molecule has 0 fully saturated rings. The maximum Gasteiger partial charge on any atom is 0.200 e. The van der Waals surface area contributed by atoms with Crippen LogP contribution in [0, 0.1) is 11.3 Å². The lowest BCUT2D eigenvalue weighted by molar-refractivity contribution is 0.0919. The lowest BCUT2D eigenvalue weighted by Gasteiger charge is -2.11. The molecular weight excluding hydrogens is 432 g/mol. The summed E-state index contributed by atoms with van der Waals surface area (Å²) >= 11 is 1.42. The number of carbonyl (C=O) groups is 1. The molecule has 3 aromatic carbocycles. The van der Waals surface area contributed by atoms with Gasteiger partial charge < -0.3 is 9.47 Å². The number of methoxy groups -OCH3 is 1. The second-order valence-electron chi connectivity index (χ2n) is 7.06. The van der Waals surface area contributed by atoms with Crippen molar-refractivity contribution in [2.75, 3.05) is 13.7 Å². The monoisotopic (exact) mass is 452 g/mol. The zero-order valence-electron chi connectivity index (χ0n) is 17.9. The number of allylic oxidation sites excluding steroid dienone is 1. The maximum atomic E-state index is 12.3. The summed E-state index contributed by atoms with van der Waals surface area (Å²) in [6, 6.07) is 26.4. The zero-order chi connectivity index (χ0) is 23.0. The van der Waals surface area contributed by atoms with Crippen molar-refractivity contribution >= 4 is 28.8 Å². The van der Waals surface area contributed by atoms with Gasteiger partial charge in [-0.3, -0.25) is 4.79 Å². The highest BCUT2D eigenvalue weighted by molar-refractivity contribution is 7.11. The molecule has 1 aromatic heterocycles. The van der Waals surface area contributed by atoms with E-state index in [9.17, 15) is 10.1 Å². The average molecular weight is 453 g/mol. The molecule has 0 N–H and O–H groups in total. The molecule has 0 aliphatic carbocycles. The van der Waals surface area contributed by atoms with Crippen LogP contribution in [-0.4, -0.2) is 24.5 Å². The topological polar surface area (TPSA) is 72.2 Å². The first-order chi connectivity index (χ1) is 16.2. The van der Waals surface area contributed by atoms with Crippen LogP contribution in [0.2, 0.25) is 0 Å². The molecule has 0 bridgehead atoms. The first-order valence-corrected chi connectivity index (χ1v) is 11.1. The number of nitriles is 1. The van der Waals surface area contributed by atoms with Gasteiger partial charge in [-0.15, -0.1) is 11.3 Å². The number of carbonyl (C=O) groups excluding carboxylic acids is 1. The van der Waals surface area contributed by atoms with Crippen molar-refractivity contribution < 1.29 is 14.3 Å². The highest BCUT2D eigenvalue weighted by atomic mass is 32.1. The predicted octanol–water partition coefficient (Wildman–Crippen LogP) is 6.14. The van der Waals surface area contributed by atoms with Crippen LogP contribution in [-0.2, 0) is 0 Å². The lowest BCUT2D eigenvalue weighted by Crippen LogP contribution is -2.11. The van der Waals surface area contributed by atoms with Crippen LogP contribution in [0.1, 0.15) is 20.9 Å². The minimum atomic E-state index is -0.119. The molecule has 0 spiro atoms. The summed E-state index contributed by atoms with van der Waals surface area (Å²) in [6.45, 7) is -0.0968. The fourth-order valence-electron chi connectivity index (χ4n) is 3.19. The number of aromatic nitrogens is 1. The SMILES string of the molecule is COc1cc(/C=C(\C#N)c2nc(-c3ccccc3)cs2)ccc1OCC(=O)c1ccccc1. The summed E-state index contributed by atoms with van der Waals surface area (Å²) in [6.07, 6.45) is 1.76. The van der Waals surface area contributed by atoms with Crippen molar-refractivity contribution in [1.82, 2.24) is 4.98 Å². The Morgan fingerprint density at radius 1 is 1.03 bits per heavy atom. The van der Waals surface area contributed by atoms with Crippen LogP contribution in [0.4, 0.5) is 0 Å². The van der Waals surface area contributed by atoms with Crippen molar-refractivity contribution in [3.05, 3.63) is 100 Å². The number of ether oxygens (including phenoxy) is 2. The van der Waals surface area contributed by atoms with Crippen LogP contribution >= 0.6 is 11.3 Å². The number of benzene rings is 3. The van der Waals surface area contributed by atoms with E-state index in [4.69, 9.17) is 9.47 Å². The fourth-order valence-corrected chi connectivity index (χ4v) is 3.99. The molecule has 33 heavy (non-hydrogen) atoms. The molecule has 5 nitrogen and oxygen atoms in total. The van der Waals surface area contributed by atoms with Crippen molar-refractivity contribution in [2.45, 2.75) is 0 Å². The Morgan fingerprint density at radius 3 is 2.45 bits per heavy atom. The van der Waals surface area contributed by atoms with Gasteiger partial charge in [-0.1, -0.05) is 66.7 Å². The van der Waals surface area contributed by atoms with Gasteiger partial charge in [-0.05, 0) is 23.8 Å². The van der Waals surface area contributed by atoms with Gasteiger partial charge in [0.2, 0.25) is 0 Å². The van der Waals surface area contributed by atoms with Crippen molar-refractivity contribution in [3.8, 4) is 28.8 Å². The predicted molar refractivity (Wildman–Crippen MR) is 130 cm³/mol. The molecule has 0 amide bonds. The van der Waals surface area contributed by atoms with Crippen molar-refractivity contribution in [3.63, 3.8) is 0 Å². The minimum Gasteiger partial charge on any atom is -0.493 e. The molecule has 0 aliphatic heterocycles. The van der Waals surface area contributed by atoms with E-state index in [2.05, 4.69) is 11.1 Å². The number of ketones is 1. The lowest BCUT2D eigenvalue weighted by atomic mass is 10.1. The second kappa shape index (κ2) is 10.4. The Labute approximate surface area is 196 Å². The third-order valence-corrected chi connectivity index (χ3v) is 5.75. The van der Waals surface area contributed by atoms with E-state index in [-0.39, 0.29) is 12.4 Å². The van der Waals surface area contributed by atoms with Crippen molar-refractivity contribution in [1.29, 1.82) is 5.26 Å². The number of hydrogen-bond donors (Lipinski definition) is 0. The number of rotatable bonds is 8. The standard InChI is InChI=1S/C27H20N2O3S/c1-31-26-15-19(12-13-25(26)32-17-24(30)21-10-6-3-7-11-21)14-22(16-28)27-29-23(18-33-27)20-8-4-2-5-9-20/h2-15,18H,17H2,1H3/b22-14+. The summed E-state index contributed by atoms with van der Waals surface area (Å²) in [5.41, 5.74) is 3.65. The minimum absolute atomic E-state index is 0.0968. The fraction of sp³-hybridized carbons (Fsp3) is 0.0741. The number of hydrogen-bond acceptors (Lipinski definition) is 6. The molecule has 162 valence electrons. The van der Waals surface area contributed by atoms with E-state index in [0.29, 0.717) is 27.6 Å². The third-order valence-electron chi connectivity index (χ3n) is 4.88. The van der Waals surface area contributed by atoms with E-state index < -0.39 is 0 Å². The second-order valence-corrected chi connectivity index (χ2v) is 7.92. The van der Waals surface area contributed by atoms with Crippen LogP contribution in [0.3, 0.4) is 0 Å². The Hall–Kier alpha value is -4.21. The molecule has 0 saturated carbocycles. The Kier molecular flexibility index (Phi) is 6.93. The quantitative estimate of drug-likeness (QED) is 0.237. The van der Waals surface area contributed by atoms with Gasteiger partial charge in [0.1, 0.15) is 11.1 Å². The first-order valence-electron chi connectivity index (χ1n) is 10.2. The summed E-state index contributed by atoms with van der Waals surface area (Å²) in [5, 5.41) is 12.3. The molecule has 0 aliphatic rings. The van der Waals surface area contributed by atoms with Gasteiger partial charge in [0.15, 0.2) is 23.9 Å². The Balaban J connectivity index is 1.52. The molecule has 4 aromatic rings. The van der Waals surface area contributed by atoms with Gasteiger partial charge in [0.25, 0.3) is 0 Å². The van der Waals surface area contributed by atoms with E-state index in [1.165, 1.54) is 18.4 Å². The normalized spacial score (nSPS) is 11.0. The van der Waals surface area contributed by atoms with Gasteiger partial charge in [0, 0.05) is 16.5 Å². The summed E-state index contributed by atoms with van der Waals surface area (Å²) in [4.78, 5) is 16.9. The van der Waals surface area contributed by atoms with Crippen LogP contribution < -0.4 is 9.47 Å². The number of thiazole rings is 1. The maximum absolute atomic E-state index is 12.3. The van der Waals surface area contributed by atoms with E-state index in [0.717, 1.165) is 16.8 Å². The summed E-state index contributed by atoms with van der Waals surface area (Å²) < 4.78 is 11.1. The smallest absolute Gasteiger partial charge is 0.200 e. The van der Waals surface area contributed by atoms with Crippen molar-refractivity contribution in [2.24, 2.45) is 0 Å². The average Bonchev–Trinajstić information content (AvgIpc) is 3.37. The van der Waals surface area contributed by atoms with Crippen LogP contribution in [0.25, 0.3) is 22.9 Å². The molecule has 0 unspecified atom stereocenters. The number of Topliss-reactive ketones (excluding diaryl/α,β-unsaturated/α-hetero) is 1. The van der Waals surface area contributed by atoms with Crippen LogP contribution in [0.5, 0.6) is 11.5 Å².